The highest BCUT2D eigenvalue weighted by Gasteiger charge is 2.13. The van der Waals surface area contributed by atoms with Crippen LogP contribution in [-0.2, 0) is 6.42 Å². The average Bonchev–Trinajstić information content (AvgIpc) is 2.53. The molecule has 24 heavy (non-hydrogen) atoms. The van der Waals surface area contributed by atoms with Crippen LogP contribution in [0, 0.1) is 6.92 Å². The fraction of sp³-hybridized carbons (Fsp3) is 0.190. The van der Waals surface area contributed by atoms with Gasteiger partial charge in [-0.2, -0.15) is 0 Å². The van der Waals surface area contributed by atoms with Crippen LogP contribution in [0.25, 0.3) is 6.08 Å². The number of carbonyl (C=O) groups excluding carboxylic acids is 1. The minimum Gasteiger partial charge on any atom is -0.508 e. The first-order chi connectivity index (χ1) is 11.4. The van der Waals surface area contributed by atoms with E-state index < -0.39 is 0 Å². The van der Waals surface area contributed by atoms with Gasteiger partial charge in [0.2, 0.25) is 0 Å². The van der Waals surface area contributed by atoms with Gasteiger partial charge < -0.3 is 10.2 Å². The number of allylic oxidation sites excluding steroid dienone is 3. The highest BCUT2D eigenvalue weighted by molar-refractivity contribution is 6.08. The van der Waals surface area contributed by atoms with Crippen LogP contribution < -0.4 is 0 Å². The van der Waals surface area contributed by atoms with Crippen molar-refractivity contribution >= 4 is 11.9 Å². The van der Waals surface area contributed by atoms with Crippen molar-refractivity contribution < 1.29 is 15.0 Å². The third kappa shape index (κ3) is 4.59. The minimum absolute atomic E-state index is 0.0101. The summed E-state index contributed by atoms with van der Waals surface area (Å²) >= 11 is 0. The lowest BCUT2D eigenvalue weighted by molar-refractivity contribution is 0.104. The summed E-state index contributed by atoms with van der Waals surface area (Å²) in [7, 11) is 0. The molecule has 2 aromatic carbocycles. The first-order valence-electron chi connectivity index (χ1n) is 7.84. The minimum atomic E-state index is -0.300. The van der Waals surface area contributed by atoms with Gasteiger partial charge in [-0.25, -0.2) is 0 Å². The lowest BCUT2D eigenvalue weighted by Crippen LogP contribution is -1.97. The first-order valence-corrected chi connectivity index (χ1v) is 7.84. The molecule has 124 valence electrons. The summed E-state index contributed by atoms with van der Waals surface area (Å²) in [5.41, 5.74) is 3.99. The quantitative estimate of drug-likeness (QED) is 0.472. The van der Waals surface area contributed by atoms with Crippen LogP contribution in [0.3, 0.4) is 0 Å². The van der Waals surface area contributed by atoms with Crippen LogP contribution in [-0.4, -0.2) is 16.0 Å². The Morgan fingerprint density at radius 1 is 1.04 bits per heavy atom. The van der Waals surface area contributed by atoms with Gasteiger partial charge >= 0.3 is 0 Å². The number of benzene rings is 2. The van der Waals surface area contributed by atoms with Crippen molar-refractivity contribution in [2.45, 2.75) is 27.2 Å². The van der Waals surface area contributed by atoms with Crippen LogP contribution in [0.15, 0.2) is 54.1 Å². The molecule has 0 saturated carbocycles. The van der Waals surface area contributed by atoms with E-state index in [1.807, 2.05) is 51.1 Å². The Bertz CT molecular complexity index is 793. The monoisotopic (exact) mass is 322 g/mol. The number of hydrogen-bond donors (Lipinski definition) is 2. The van der Waals surface area contributed by atoms with Gasteiger partial charge in [0.25, 0.3) is 0 Å². The van der Waals surface area contributed by atoms with Gasteiger partial charge in [0.05, 0.1) is 5.56 Å². The molecule has 3 heteroatoms. The third-order valence-corrected chi connectivity index (χ3v) is 3.70. The first kappa shape index (κ1) is 17.5. The molecular formula is C21H22O3. The number of rotatable bonds is 5. The van der Waals surface area contributed by atoms with E-state index >= 15 is 0 Å². The molecule has 2 N–H and O–H groups in total. The lowest BCUT2D eigenvalue weighted by atomic mass is 10.0. The van der Waals surface area contributed by atoms with Crippen LogP contribution >= 0.6 is 0 Å². The molecule has 0 radical (unpaired) electrons. The zero-order chi connectivity index (χ0) is 17.7. The van der Waals surface area contributed by atoms with E-state index in [9.17, 15) is 15.0 Å². The average molecular weight is 322 g/mol. The van der Waals surface area contributed by atoms with Gasteiger partial charge in [-0.3, -0.25) is 4.79 Å². The van der Waals surface area contributed by atoms with E-state index in [2.05, 4.69) is 0 Å². The summed E-state index contributed by atoms with van der Waals surface area (Å²) in [4.78, 5) is 12.4. The second-order valence-electron chi connectivity index (χ2n) is 6.09. The standard InChI is InChI=1S/C21H22O3/c1-14(2)4-10-17-12-18(21(24)13-20(17)23)19(22)11-9-16-7-5-15(3)6-8-16/h4-9,11-13,23-24H,10H2,1-3H3/b11-9+. The zero-order valence-corrected chi connectivity index (χ0v) is 14.2. The molecule has 0 aliphatic carbocycles. The number of carbonyl (C=O) groups is 1. The van der Waals surface area contributed by atoms with Crippen molar-refractivity contribution in [1.29, 1.82) is 0 Å². The lowest BCUT2D eigenvalue weighted by Gasteiger charge is -2.07. The van der Waals surface area contributed by atoms with E-state index in [-0.39, 0.29) is 22.8 Å². The van der Waals surface area contributed by atoms with Crippen molar-refractivity contribution in [2.24, 2.45) is 0 Å². The van der Waals surface area contributed by atoms with Gasteiger partial charge in [-0.1, -0.05) is 47.6 Å². The second kappa shape index (κ2) is 7.64. The molecule has 3 nitrogen and oxygen atoms in total. The van der Waals surface area contributed by atoms with Gasteiger partial charge in [0.1, 0.15) is 11.5 Å². The summed E-state index contributed by atoms with van der Waals surface area (Å²) in [5.74, 6) is -0.525. The van der Waals surface area contributed by atoms with E-state index in [1.165, 1.54) is 12.1 Å². The molecule has 0 aliphatic rings. The van der Waals surface area contributed by atoms with Gasteiger partial charge in [-0.15, -0.1) is 0 Å². The molecular weight excluding hydrogens is 300 g/mol. The number of phenols is 2. The van der Waals surface area contributed by atoms with Crippen molar-refractivity contribution in [3.05, 3.63) is 76.4 Å². The molecule has 0 amide bonds. The maximum Gasteiger partial charge on any atom is 0.189 e. The van der Waals surface area contributed by atoms with E-state index in [1.54, 1.807) is 12.1 Å². The molecule has 0 aliphatic heterocycles. The predicted molar refractivity (Wildman–Crippen MR) is 97.5 cm³/mol. The van der Waals surface area contributed by atoms with E-state index in [0.29, 0.717) is 12.0 Å². The fourth-order valence-electron chi connectivity index (χ4n) is 2.24. The van der Waals surface area contributed by atoms with Crippen LogP contribution in [0.5, 0.6) is 11.5 Å². The van der Waals surface area contributed by atoms with Crippen LogP contribution in [0.4, 0.5) is 0 Å². The molecule has 0 saturated heterocycles. The van der Waals surface area contributed by atoms with Crippen molar-refractivity contribution in [1.82, 2.24) is 0 Å². The highest BCUT2D eigenvalue weighted by Crippen LogP contribution is 2.29. The van der Waals surface area contributed by atoms with E-state index in [0.717, 1.165) is 16.7 Å². The summed E-state index contributed by atoms with van der Waals surface area (Å²) in [5, 5.41) is 19.9. The number of phenolic OH excluding ortho intramolecular Hbond substituents is 2. The maximum atomic E-state index is 12.4. The SMILES string of the molecule is CC(C)=CCc1cc(C(=O)/C=C/c2ccc(C)cc2)c(O)cc1O. The van der Waals surface area contributed by atoms with Crippen LogP contribution in [0.2, 0.25) is 0 Å². The van der Waals surface area contributed by atoms with Crippen LogP contribution in [0.1, 0.15) is 40.9 Å². The number of hydrogen-bond acceptors (Lipinski definition) is 3. The zero-order valence-electron chi connectivity index (χ0n) is 14.2. The molecule has 0 heterocycles. The summed E-state index contributed by atoms with van der Waals surface area (Å²) in [6.07, 6.45) is 5.62. The summed E-state index contributed by atoms with van der Waals surface area (Å²) in [6.45, 7) is 5.93. The Hall–Kier alpha value is -2.81. The molecule has 2 rings (SSSR count). The summed E-state index contributed by atoms with van der Waals surface area (Å²) in [6, 6.07) is 10.6. The van der Waals surface area contributed by atoms with Gasteiger partial charge in [-0.05, 0) is 50.5 Å². The maximum absolute atomic E-state index is 12.4. The number of aryl methyl sites for hydroxylation is 1. The molecule has 0 spiro atoms. The van der Waals surface area contributed by atoms with E-state index in [4.69, 9.17) is 0 Å². The molecule has 2 aromatic rings. The molecule has 0 aromatic heterocycles. The second-order valence-corrected chi connectivity index (χ2v) is 6.09. The van der Waals surface area contributed by atoms with Gasteiger partial charge in [0.15, 0.2) is 5.78 Å². The number of aromatic hydroxyl groups is 2. The molecule has 0 atom stereocenters. The highest BCUT2D eigenvalue weighted by atomic mass is 16.3. The van der Waals surface area contributed by atoms with Crippen molar-refractivity contribution in [3.63, 3.8) is 0 Å². The molecule has 0 fully saturated rings. The predicted octanol–water partition coefficient (Wildman–Crippen LogP) is 4.81. The summed E-state index contributed by atoms with van der Waals surface area (Å²) < 4.78 is 0. The smallest absolute Gasteiger partial charge is 0.189 e. The topological polar surface area (TPSA) is 57.5 Å². The largest absolute Gasteiger partial charge is 0.508 e. The van der Waals surface area contributed by atoms with Gasteiger partial charge in [0, 0.05) is 6.07 Å². The Morgan fingerprint density at radius 2 is 1.71 bits per heavy atom. The van der Waals surface area contributed by atoms with Crippen molar-refractivity contribution in [3.8, 4) is 11.5 Å². The third-order valence-electron chi connectivity index (χ3n) is 3.70. The molecule has 0 bridgehead atoms. The molecule has 0 unspecified atom stereocenters. The Labute approximate surface area is 142 Å². The number of ketones is 1. The van der Waals surface area contributed by atoms with Crippen molar-refractivity contribution in [2.75, 3.05) is 0 Å². The Morgan fingerprint density at radius 3 is 2.33 bits per heavy atom. The Kier molecular flexibility index (Phi) is 5.59. The fourth-order valence-corrected chi connectivity index (χ4v) is 2.24. The Balaban J connectivity index is 2.26. The normalized spacial score (nSPS) is 10.8.